The predicted molar refractivity (Wildman–Crippen MR) is 97.3 cm³/mol. The second-order valence-corrected chi connectivity index (χ2v) is 8.00. The number of anilines is 1. The van der Waals surface area contributed by atoms with Gasteiger partial charge in [0, 0.05) is 22.4 Å². The lowest BCUT2D eigenvalue weighted by atomic mass is 10.1. The van der Waals surface area contributed by atoms with E-state index in [0.29, 0.717) is 17.3 Å². The highest BCUT2D eigenvalue weighted by Crippen LogP contribution is 2.38. The molecule has 1 fully saturated rings. The van der Waals surface area contributed by atoms with Crippen LogP contribution in [0.4, 0.5) is 5.82 Å². The molecule has 2 aromatic rings. The van der Waals surface area contributed by atoms with E-state index in [2.05, 4.69) is 12.3 Å². The third-order valence-electron chi connectivity index (χ3n) is 5.08. The molecule has 1 saturated carbocycles. The summed E-state index contributed by atoms with van der Waals surface area (Å²) in [6.07, 6.45) is 5.93. The van der Waals surface area contributed by atoms with E-state index in [-0.39, 0.29) is 11.8 Å². The average Bonchev–Trinajstić information content (AvgIpc) is 3.25. The van der Waals surface area contributed by atoms with E-state index in [1.807, 2.05) is 6.92 Å². The van der Waals surface area contributed by atoms with Crippen LogP contribution in [0.1, 0.15) is 54.8 Å². The molecule has 0 saturated heterocycles. The summed E-state index contributed by atoms with van der Waals surface area (Å²) < 4.78 is 0. The molecule has 1 aliphatic carbocycles. The molecule has 7 heteroatoms. The number of hydrazine groups is 1. The maximum atomic E-state index is 12.2. The molecule has 2 aliphatic rings. The molecular weight excluding hydrogens is 336 g/mol. The van der Waals surface area contributed by atoms with Gasteiger partial charge in [0.25, 0.3) is 11.8 Å². The van der Waals surface area contributed by atoms with Gasteiger partial charge in [0.2, 0.25) is 0 Å². The van der Waals surface area contributed by atoms with Gasteiger partial charge in [0.15, 0.2) is 5.82 Å². The number of imide groups is 1. The second kappa shape index (κ2) is 5.91. The van der Waals surface area contributed by atoms with Gasteiger partial charge in [0.05, 0.1) is 5.39 Å². The van der Waals surface area contributed by atoms with Crippen LogP contribution in [0.15, 0.2) is 11.6 Å². The number of hydrogen-bond donors (Lipinski definition) is 1. The molecule has 0 unspecified atom stereocenters. The van der Waals surface area contributed by atoms with Crippen molar-refractivity contribution in [3.05, 3.63) is 27.9 Å². The number of rotatable bonds is 3. The number of aromatic nitrogens is 2. The zero-order chi connectivity index (χ0) is 17.7. The largest absolute Gasteiger partial charge is 0.275 e. The van der Waals surface area contributed by atoms with Crippen LogP contribution in [0.25, 0.3) is 10.2 Å². The van der Waals surface area contributed by atoms with E-state index in [1.165, 1.54) is 23.8 Å². The van der Waals surface area contributed by atoms with Gasteiger partial charge in [-0.1, -0.05) is 12.8 Å². The molecule has 25 heavy (non-hydrogen) atoms. The Labute approximate surface area is 149 Å². The van der Waals surface area contributed by atoms with Crippen molar-refractivity contribution in [1.29, 1.82) is 0 Å². The number of hydrogen-bond acceptors (Lipinski definition) is 6. The number of nitrogens with zero attached hydrogens (tertiary/aromatic N) is 3. The molecule has 2 aromatic heterocycles. The molecular formula is C18H20N4O2S. The van der Waals surface area contributed by atoms with Crippen LogP contribution in [0.2, 0.25) is 0 Å². The van der Waals surface area contributed by atoms with Crippen LogP contribution < -0.4 is 5.43 Å². The van der Waals surface area contributed by atoms with Crippen molar-refractivity contribution in [3.8, 4) is 0 Å². The average molecular weight is 356 g/mol. The highest BCUT2D eigenvalue weighted by molar-refractivity contribution is 7.18. The standard InChI is InChI=1S/C18H20N4O2S/c1-9-8-13(23)22(18(9)24)21-16-14-10(2)11(3)25-17(14)20-15(19-16)12-6-4-5-7-12/h8,12H,4-7H2,1-3H3,(H,19,20,21). The Morgan fingerprint density at radius 3 is 2.52 bits per heavy atom. The second-order valence-electron chi connectivity index (χ2n) is 6.79. The minimum atomic E-state index is -0.360. The lowest BCUT2D eigenvalue weighted by Gasteiger charge is -2.18. The van der Waals surface area contributed by atoms with Crippen LogP contribution in [-0.2, 0) is 9.59 Å². The molecule has 2 amide bonds. The summed E-state index contributed by atoms with van der Waals surface area (Å²) in [6, 6.07) is 0. The fraction of sp³-hybridized carbons (Fsp3) is 0.444. The fourth-order valence-corrected chi connectivity index (χ4v) is 4.55. The highest BCUT2D eigenvalue weighted by atomic mass is 32.1. The molecule has 6 nitrogen and oxygen atoms in total. The molecule has 0 bridgehead atoms. The lowest BCUT2D eigenvalue weighted by molar-refractivity contribution is -0.135. The summed E-state index contributed by atoms with van der Waals surface area (Å²) in [5.41, 5.74) is 4.48. The van der Waals surface area contributed by atoms with Gasteiger partial charge in [-0.2, -0.15) is 5.01 Å². The molecule has 1 N–H and O–H groups in total. The normalized spacial score (nSPS) is 18.5. The van der Waals surface area contributed by atoms with E-state index in [4.69, 9.17) is 9.97 Å². The number of carbonyl (C=O) groups excluding carboxylic acids is 2. The summed E-state index contributed by atoms with van der Waals surface area (Å²) in [7, 11) is 0. The van der Waals surface area contributed by atoms with Crippen molar-refractivity contribution in [3.63, 3.8) is 0 Å². The number of carbonyl (C=O) groups is 2. The summed E-state index contributed by atoms with van der Waals surface area (Å²) in [4.78, 5) is 35.9. The highest BCUT2D eigenvalue weighted by Gasteiger charge is 2.31. The number of nitrogens with one attached hydrogen (secondary N) is 1. The molecule has 0 spiro atoms. The van der Waals surface area contributed by atoms with Crippen LogP contribution in [0.3, 0.4) is 0 Å². The predicted octanol–water partition coefficient (Wildman–Crippen LogP) is 3.61. The smallest absolute Gasteiger partial charge is 0.271 e. The number of fused-ring (bicyclic) bond motifs is 1. The Morgan fingerprint density at radius 1 is 1.16 bits per heavy atom. The van der Waals surface area contributed by atoms with Crippen molar-refractivity contribution in [1.82, 2.24) is 15.0 Å². The zero-order valence-corrected chi connectivity index (χ0v) is 15.4. The van der Waals surface area contributed by atoms with E-state index in [1.54, 1.807) is 18.3 Å². The minimum absolute atomic E-state index is 0.330. The third-order valence-corrected chi connectivity index (χ3v) is 6.19. The van der Waals surface area contributed by atoms with Crippen molar-refractivity contribution < 1.29 is 9.59 Å². The topological polar surface area (TPSA) is 75.2 Å². The van der Waals surface area contributed by atoms with Crippen molar-refractivity contribution in [2.24, 2.45) is 0 Å². The number of amides is 2. The Kier molecular flexibility index (Phi) is 3.83. The SMILES string of the molecule is CC1=CC(=O)N(Nc2nc(C3CCCC3)nc3sc(C)c(C)c23)C1=O. The van der Waals surface area contributed by atoms with E-state index in [9.17, 15) is 9.59 Å². The summed E-state index contributed by atoms with van der Waals surface area (Å²) in [6.45, 7) is 5.72. The number of thiophene rings is 1. The minimum Gasteiger partial charge on any atom is -0.271 e. The first kappa shape index (κ1) is 16.2. The van der Waals surface area contributed by atoms with Crippen LogP contribution >= 0.6 is 11.3 Å². The molecule has 0 atom stereocenters. The first-order valence-corrected chi connectivity index (χ1v) is 9.38. The van der Waals surface area contributed by atoms with Crippen LogP contribution in [-0.4, -0.2) is 26.8 Å². The Balaban J connectivity index is 1.80. The monoisotopic (exact) mass is 356 g/mol. The van der Waals surface area contributed by atoms with E-state index < -0.39 is 0 Å². The van der Waals surface area contributed by atoms with Gasteiger partial charge in [-0.3, -0.25) is 15.0 Å². The van der Waals surface area contributed by atoms with Gasteiger partial charge >= 0.3 is 0 Å². The Morgan fingerprint density at radius 2 is 1.88 bits per heavy atom. The first-order chi connectivity index (χ1) is 12.0. The third kappa shape index (κ3) is 2.63. The van der Waals surface area contributed by atoms with Gasteiger partial charge in [-0.05, 0) is 39.2 Å². The van der Waals surface area contributed by atoms with Crippen LogP contribution in [0, 0.1) is 13.8 Å². The Bertz CT molecular complexity index is 925. The van der Waals surface area contributed by atoms with Crippen molar-refractivity contribution in [2.45, 2.75) is 52.4 Å². The van der Waals surface area contributed by atoms with Gasteiger partial charge < -0.3 is 0 Å². The fourth-order valence-electron chi connectivity index (χ4n) is 3.51. The zero-order valence-electron chi connectivity index (χ0n) is 14.5. The maximum absolute atomic E-state index is 12.2. The molecule has 0 aromatic carbocycles. The summed E-state index contributed by atoms with van der Waals surface area (Å²) in [5.74, 6) is 1.04. The van der Waals surface area contributed by atoms with E-state index in [0.717, 1.165) is 39.5 Å². The molecule has 4 rings (SSSR count). The first-order valence-electron chi connectivity index (χ1n) is 8.56. The Hall–Kier alpha value is -2.28. The van der Waals surface area contributed by atoms with Crippen molar-refractivity contribution >= 4 is 39.2 Å². The van der Waals surface area contributed by atoms with Gasteiger partial charge in [0.1, 0.15) is 10.7 Å². The quantitative estimate of drug-likeness (QED) is 0.850. The molecule has 3 heterocycles. The summed E-state index contributed by atoms with van der Waals surface area (Å²) in [5, 5.41) is 1.94. The van der Waals surface area contributed by atoms with Gasteiger partial charge in [-0.15, -0.1) is 11.3 Å². The lowest BCUT2D eigenvalue weighted by Crippen LogP contribution is -2.36. The number of aryl methyl sites for hydroxylation is 2. The summed E-state index contributed by atoms with van der Waals surface area (Å²) >= 11 is 1.63. The van der Waals surface area contributed by atoms with Crippen LogP contribution in [0.5, 0.6) is 0 Å². The van der Waals surface area contributed by atoms with Gasteiger partial charge in [-0.25, -0.2) is 9.97 Å². The molecule has 1 aliphatic heterocycles. The van der Waals surface area contributed by atoms with Crippen molar-refractivity contribution in [2.75, 3.05) is 5.43 Å². The molecule has 130 valence electrons. The van der Waals surface area contributed by atoms with E-state index >= 15 is 0 Å². The maximum Gasteiger partial charge on any atom is 0.275 e. The molecule has 0 radical (unpaired) electrons.